The van der Waals surface area contributed by atoms with Crippen LogP contribution < -0.4 is 5.32 Å². The maximum absolute atomic E-state index is 11.0. The highest BCUT2D eigenvalue weighted by molar-refractivity contribution is 5.86. The minimum Gasteiger partial charge on any atom is -0.465 e. The number of carbonyl (C=O) groups is 2. The molecule has 1 unspecified atom stereocenters. The molecule has 96 valence electrons. The van der Waals surface area contributed by atoms with Gasteiger partial charge in [-0.1, -0.05) is 0 Å². The summed E-state index contributed by atoms with van der Waals surface area (Å²) in [6.07, 6.45) is -3.34. The third kappa shape index (κ3) is 3.74. The van der Waals surface area contributed by atoms with Crippen molar-refractivity contribution in [2.75, 3.05) is 0 Å². The Kier molecular flexibility index (Phi) is 4.19. The summed E-state index contributed by atoms with van der Waals surface area (Å²) in [5.41, 5.74) is 0.432. The Bertz CT molecular complexity index is 470. The summed E-state index contributed by atoms with van der Waals surface area (Å²) in [5.74, 6) is 0. The first kappa shape index (κ1) is 13.4. The molecule has 1 atom stereocenters. The van der Waals surface area contributed by atoms with E-state index in [-0.39, 0.29) is 5.69 Å². The molecule has 1 aromatic carbocycles. The number of rotatable bonds is 3. The number of carboxylic acid groups (broad SMARTS) is 1. The Morgan fingerprint density at radius 1 is 1.39 bits per heavy atom. The molecule has 2 amide bonds. The topological polar surface area (TPSA) is 119 Å². The number of amides is 2. The average Bonchev–Trinajstić information content (AvgIpc) is 2.27. The van der Waals surface area contributed by atoms with Crippen molar-refractivity contribution >= 4 is 17.9 Å². The Labute approximate surface area is 101 Å². The van der Waals surface area contributed by atoms with Crippen molar-refractivity contribution < 1.29 is 24.4 Å². The van der Waals surface area contributed by atoms with Gasteiger partial charge in [0.1, 0.15) is 6.10 Å². The summed E-state index contributed by atoms with van der Waals surface area (Å²) >= 11 is 0. The second-order valence-corrected chi connectivity index (χ2v) is 3.33. The molecular weight excluding hydrogens is 244 g/mol. The predicted molar refractivity (Wildman–Crippen MR) is 59.2 cm³/mol. The lowest BCUT2D eigenvalue weighted by Crippen LogP contribution is -2.30. The Balaban J connectivity index is 2.66. The minimum atomic E-state index is -1.52. The van der Waals surface area contributed by atoms with Crippen LogP contribution in [0.25, 0.3) is 0 Å². The molecule has 0 spiro atoms. The maximum Gasteiger partial charge on any atom is 0.417 e. The molecule has 0 bridgehead atoms. The number of non-ortho nitro benzene ring substituents is 1. The minimum absolute atomic E-state index is 0.0825. The molecule has 0 fully saturated rings. The molecule has 1 rings (SSSR count). The SMILES string of the molecule is CC(OC(=O)NC(=O)O)c1ccc([N+](=O)[O-])cc1. The number of imide groups is 1. The quantitative estimate of drug-likeness (QED) is 0.629. The van der Waals surface area contributed by atoms with Crippen LogP contribution in [0.3, 0.4) is 0 Å². The largest absolute Gasteiger partial charge is 0.465 e. The van der Waals surface area contributed by atoms with Gasteiger partial charge in [-0.25, -0.2) is 14.9 Å². The standard InChI is InChI=1S/C10H10N2O6/c1-6(18-10(15)11-9(13)14)7-2-4-8(5-3-7)12(16)17/h2-6H,1H3,(H,11,15)(H,13,14). The average molecular weight is 254 g/mol. The fraction of sp³-hybridized carbons (Fsp3) is 0.200. The molecule has 0 aliphatic heterocycles. The normalized spacial score (nSPS) is 11.4. The van der Waals surface area contributed by atoms with E-state index in [1.807, 2.05) is 0 Å². The van der Waals surface area contributed by atoms with E-state index in [1.165, 1.54) is 36.5 Å². The zero-order valence-corrected chi connectivity index (χ0v) is 9.32. The van der Waals surface area contributed by atoms with Gasteiger partial charge in [-0.2, -0.15) is 0 Å². The summed E-state index contributed by atoms with van der Waals surface area (Å²) in [5, 5.41) is 20.2. The van der Waals surface area contributed by atoms with Gasteiger partial charge in [0.15, 0.2) is 0 Å². The van der Waals surface area contributed by atoms with E-state index in [1.54, 1.807) is 0 Å². The van der Waals surface area contributed by atoms with Crippen molar-refractivity contribution in [2.45, 2.75) is 13.0 Å². The molecule has 2 N–H and O–H groups in total. The van der Waals surface area contributed by atoms with Gasteiger partial charge >= 0.3 is 12.2 Å². The summed E-state index contributed by atoms with van der Waals surface area (Å²) in [6, 6.07) is 5.39. The fourth-order valence-corrected chi connectivity index (χ4v) is 1.21. The van der Waals surface area contributed by atoms with E-state index in [0.717, 1.165) is 0 Å². The lowest BCUT2D eigenvalue weighted by molar-refractivity contribution is -0.384. The molecule has 0 aliphatic carbocycles. The highest BCUT2D eigenvalue weighted by Crippen LogP contribution is 2.20. The zero-order valence-electron chi connectivity index (χ0n) is 9.32. The van der Waals surface area contributed by atoms with E-state index in [0.29, 0.717) is 5.56 Å². The number of hydrogen-bond acceptors (Lipinski definition) is 5. The first-order valence-electron chi connectivity index (χ1n) is 4.85. The number of ether oxygens (including phenoxy) is 1. The van der Waals surface area contributed by atoms with E-state index in [4.69, 9.17) is 9.84 Å². The smallest absolute Gasteiger partial charge is 0.417 e. The predicted octanol–water partition coefficient (Wildman–Crippen LogP) is 2.06. The van der Waals surface area contributed by atoms with Crippen LogP contribution in [0.4, 0.5) is 15.3 Å². The van der Waals surface area contributed by atoms with Crippen molar-refractivity contribution in [2.24, 2.45) is 0 Å². The van der Waals surface area contributed by atoms with E-state index < -0.39 is 23.2 Å². The molecule has 0 aliphatic rings. The molecule has 8 nitrogen and oxygen atoms in total. The van der Waals surface area contributed by atoms with Gasteiger partial charge in [0, 0.05) is 12.1 Å². The van der Waals surface area contributed by atoms with E-state index >= 15 is 0 Å². The Morgan fingerprint density at radius 2 is 1.94 bits per heavy atom. The molecule has 0 saturated carbocycles. The fourth-order valence-electron chi connectivity index (χ4n) is 1.21. The second kappa shape index (κ2) is 5.62. The number of nitro groups is 1. The van der Waals surface area contributed by atoms with Crippen molar-refractivity contribution in [3.8, 4) is 0 Å². The Morgan fingerprint density at radius 3 is 2.39 bits per heavy atom. The monoisotopic (exact) mass is 254 g/mol. The van der Waals surface area contributed by atoms with Gasteiger partial charge in [-0.05, 0) is 24.6 Å². The summed E-state index contributed by atoms with van der Waals surface area (Å²) in [4.78, 5) is 31.0. The van der Waals surface area contributed by atoms with Crippen LogP contribution in [-0.4, -0.2) is 22.2 Å². The van der Waals surface area contributed by atoms with Gasteiger partial charge in [-0.15, -0.1) is 0 Å². The molecule has 0 radical (unpaired) electrons. The van der Waals surface area contributed by atoms with E-state index in [2.05, 4.69) is 0 Å². The summed E-state index contributed by atoms with van der Waals surface area (Å²) in [6.45, 7) is 1.52. The number of carbonyl (C=O) groups excluding carboxylic acids is 1. The first-order chi connectivity index (χ1) is 8.40. The van der Waals surface area contributed by atoms with Crippen molar-refractivity contribution in [3.05, 3.63) is 39.9 Å². The highest BCUT2D eigenvalue weighted by atomic mass is 16.6. The van der Waals surface area contributed by atoms with Crippen LogP contribution in [0, 0.1) is 10.1 Å². The van der Waals surface area contributed by atoms with Crippen LogP contribution in [0.5, 0.6) is 0 Å². The van der Waals surface area contributed by atoms with Gasteiger partial charge in [0.25, 0.3) is 5.69 Å². The third-order valence-corrected chi connectivity index (χ3v) is 2.07. The number of alkyl carbamates (subject to hydrolysis) is 1. The lowest BCUT2D eigenvalue weighted by Gasteiger charge is -2.12. The van der Waals surface area contributed by atoms with Crippen LogP contribution in [0.1, 0.15) is 18.6 Å². The molecule has 8 heteroatoms. The van der Waals surface area contributed by atoms with Gasteiger partial charge in [0.2, 0.25) is 0 Å². The van der Waals surface area contributed by atoms with Crippen LogP contribution in [-0.2, 0) is 4.74 Å². The molecular formula is C10H10N2O6. The molecule has 0 saturated heterocycles. The molecule has 18 heavy (non-hydrogen) atoms. The molecule has 0 heterocycles. The van der Waals surface area contributed by atoms with Crippen LogP contribution in [0.2, 0.25) is 0 Å². The summed E-state index contributed by atoms with van der Waals surface area (Å²) < 4.78 is 4.75. The second-order valence-electron chi connectivity index (χ2n) is 3.33. The lowest BCUT2D eigenvalue weighted by atomic mass is 10.1. The molecule has 1 aromatic rings. The van der Waals surface area contributed by atoms with Crippen molar-refractivity contribution in [1.29, 1.82) is 0 Å². The highest BCUT2D eigenvalue weighted by Gasteiger charge is 2.14. The number of nitro benzene ring substituents is 1. The first-order valence-corrected chi connectivity index (χ1v) is 4.85. The number of nitrogens with one attached hydrogen (secondary N) is 1. The summed E-state index contributed by atoms with van der Waals surface area (Å²) in [7, 11) is 0. The molecule has 0 aromatic heterocycles. The van der Waals surface area contributed by atoms with Crippen molar-refractivity contribution in [3.63, 3.8) is 0 Å². The van der Waals surface area contributed by atoms with Crippen molar-refractivity contribution in [1.82, 2.24) is 5.32 Å². The van der Waals surface area contributed by atoms with Gasteiger partial charge in [0.05, 0.1) is 4.92 Å². The van der Waals surface area contributed by atoms with E-state index in [9.17, 15) is 19.7 Å². The number of nitrogens with zero attached hydrogens (tertiary/aromatic N) is 1. The number of benzene rings is 1. The van der Waals surface area contributed by atoms with Crippen LogP contribution in [0.15, 0.2) is 24.3 Å². The number of hydrogen-bond donors (Lipinski definition) is 2. The van der Waals surface area contributed by atoms with Gasteiger partial charge < -0.3 is 9.84 Å². The maximum atomic E-state index is 11.0. The van der Waals surface area contributed by atoms with Gasteiger partial charge in [-0.3, -0.25) is 10.1 Å². The zero-order chi connectivity index (χ0) is 13.7. The third-order valence-electron chi connectivity index (χ3n) is 2.07. The Hall–Kier alpha value is -2.64. The van der Waals surface area contributed by atoms with Crippen LogP contribution >= 0.6 is 0 Å².